The van der Waals surface area contributed by atoms with E-state index in [4.69, 9.17) is 19.5 Å². The van der Waals surface area contributed by atoms with E-state index in [1.165, 1.54) is 10.9 Å². The van der Waals surface area contributed by atoms with E-state index in [1.54, 1.807) is 80.7 Å². The van der Waals surface area contributed by atoms with Crippen LogP contribution in [-0.4, -0.2) is 55.8 Å². The molecule has 0 aliphatic heterocycles. The maximum Gasteiger partial charge on any atom is 0.459 e. The maximum atomic E-state index is 14.3. The summed E-state index contributed by atoms with van der Waals surface area (Å²) >= 11 is 0. The van der Waals surface area contributed by atoms with Gasteiger partial charge >= 0.3 is 19.7 Å². The summed E-state index contributed by atoms with van der Waals surface area (Å²) in [5.41, 5.74) is 6.00. The van der Waals surface area contributed by atoms with Gasteiger partial charge in [0.1, 0.15) is 24.7 Å². The van der Waals surface area contributed by atoms with Gasteiger partial charge in [0, 0.05) is 6.20 Å². The van der Waals surface area contributed by atoms with Crippen molar-refractivity contribution in [3.63, 3.8) is 0 Å². The fraction of sp³-hybridized carbons (Fsp3) is 0.300. The summed E-state index contributed by atoms with van der Waals surface area (Å²) in [6, 6.07) is 15.8. The number of nitrogens with zero attached hydrogens (tertiary/aromatic N) is 3. The number of carboxylic acid groups (broad SMARTS) is 1. The molecule has 4 aromatic rings. The van der Waals surface area contributed by atoms with Gasteiger partial charge in [-0.25, -0.2) is 9.55 Å². The van der Waals surface area contributed by atoms with E-state index in [2.05, 4.69) is 20.0 Å². The Morgan fingerprint density at radius 2 is 1.84 bits per heavy atom. The predicted octanol–water partition coefficient (Wildman–Crippen LogP) is 3.62. The topological polar surface area (TPSA) is 201 Å². The van der Waals surface area contributed by atoms with Gasteiger partial charge in [0.05, 0.1) is 17.9 Å². The molecule has 45 heavy (non-hydrogen) atoms. The molecular weight excluding hydrogens is 603 g/mol. The van der Waals surface area contributed by atoms with Gasteiger partial charge in [0.15, 0.2) is 11.2 Å². The molecule has 2 aromatic heterocycles. The van der Waals surface area contributed by atoms with Gasteiger partial charge < -0.3 is 20.1 Å². The number of aromatic nitrogens is 4. The third-order valence-electron chi connectivity index (χ3n) is 7.17. The van der Waals surface area contributed by atoms with Crippen LogP contribution in [0.1, 0.15) is 25.8 Å². The number of esters is 1. The molecule has 1 fully saturated rings. The summed E-state index contributed by atoms with van der Waals surface area (Å²) in [7, 11) is -4.35. The van der Waals surface area contributed by atoms with Gasteiger partial charge in [-0.1, -0.05) is 62.4 Å². The molecule has 2 heterocycles. The third kappa shape index (κ3) is 7.66. The number of para-hydroxylation sites is 1. The van der Waals surface area contributed by atoms with Crippen LogP contribution in [0, 0.1) is 11.3 Å². The summed E-state index contributed by atoms with van der Waals surface area (Å²) < 4.78 is 33.1. The van der Waals surface area contributed by atoms with Crippen molar-refractivity contribution in [1.82, 2.24) is 24.6 Å². The van der Waals surface area contributed by atoms with E-state index in [9.17, 15) is 24.1 Å². The highest BCUT2D eigenvalue weighted by Gasteiger charge is 2.52. The number of carbonyl (C=O) groups excluding carboxylic acids is 1. The lowest BCUT2D eigenvalue weighted by molar-refractivity contribution is -0.149. The first-order chi connectivity index (χ1) is 21.5. The highest BCUT2D eigenvalue weighted by molar-refractivity contribution is 7.52. The van der Waals surface area contributed by atoms with E-state index in [1.807, 2.05) is 0 Å². The summed E-state index contributed by atoms with van der Waals surface area (Å²) in [4.78, 5) is 47.6. The summed E-state index contributed by atoms with van der Waals surface area (Å²) in [6.45, 7) is 3.02. The number of nitrogens with one attached hydrogen (secondary N) is 2. The first-order valence-electron chi connectivity index (χ1n) is 14.1. The highest BCUT2D eigenvalue weighted by atomic mass is 31.2. The first kappa shape index (κ1) is 31.6. The van der Waals surface area contributed by atoms with Crippen LogP contribution in [0.5, 0.6) is 5.75 Å². The standard InChI is InChI=1S/C30H33N6O8P/c1-19(2)28(40)42-16-30(14-21(30)15-36-18-32-24-25(36)33-29(31)34-26(24)37)17-43-45(41,44-22-11-7-4-8-12-22)35-23(27(38)39)13-20-9-5-3-6-10-20/h3-12,15,18-19,23H,13-14,16-17H2,1-2H3,(H,35,41)(H,38,39)(H3,31,33,34,37)/b21-15-/t23-,30?,45?/m0/s1. The van der Waals surface area contributed by atoms with Gasteiger partial charge in [-0.05, 0) is 36.1 Å². The largest absolute Gasteiger partial charge is 0.480 e. The Kier molecular flexibility index (Phi) is 9.19. The number of aliphatic carboxylic acids is 1. The normalized spacial score (nSPS) is 18.9. The molecule has 236 valence electrons. The smallest absolute Gasteiger partial charge is 0.459 e. The van der Waals surface area contributed by atoms with E-state index in [0.29, 0.717) is 17.6 Å². The van der Waals surface area contributed by atoms with Gasteiger partial charge in [-0.2, -0.15) is 10.1 Å². The Balaban J connectivity index is 1.44. The lowest BCUT2D eigenvalue weighted by Gasteiger charge is -2.25. The van der Waals surface area contributed by atoms with Crippen molar-refractivity contribution in [3.8, 4) is 5.75 Å². The minimum Gasteiger partial charge on any atom is -0.480 e. The van der Waals surface area contributed by atoms with Crippen molar-refractivity contribution in [2.75, 3.05) is 18.9 Å². The lowest BCUT2D eigenvalue weighted by atomic mass is 10.1. The number of hydrogen-bond acceptors (Lipinski definition) is 10. The van der Waals surface area contributed by atoms with E-state index >= 15 is 0 Å². The van der Waals surface area contributed by atoms with Crippen LogP contribution in [0.25, 0.3) is 17.4 Å². The number of nitrogen functional groups attached to an aromatic ring is 1. The fourth-order valence-corrected chi connectivity index (χ4v) is 6.14. The molecular formula is C30H33N6O8P. The number of carbonyl (C=O) groups is 2. The zero-order valence-electron chi connectivity index (χ0n) is 24.6. The lowest BCUT2D eigenvalue weighted by Crippen LogP contribution is -2.38. The Morgan fingerprint density at radius 3 is 2.51 bits per heavy atom. The molecule has 1 aliphatic rings. The third-order valence-corrected chi connectivity index (χ3v) is 8.72. The number of anilines is 1. The van der Waals surface area contributed by atoms with Crippen LogP contribution >= 0.6 is 7.75 Å². The molecule has 2 unspecified atom stereocenters. The molecule has 3 atom stereocenters. The molecule has 0 bridgehead atoms. The molecule has 1 aliphatic carbocycles. The number of nitrogens with two attached hydrogens (primary N) is 1. The number of imidazole rings is 1. The summed E-state index contributed by atoms with van der Waals surface area (Å²) in [5.74, 6) is -1.97. The second-order valence-corrected chi connectivity index (χ2v) is 12.7. The molecule has 5 rings (SSSR count). The second kappa shape index (κ2) is 13.1. The molecule has 0 radical (unpaired) electrons. The molecule has 15 heteroatoms. The minimum atomic E-state index is -4.35. The van der Waals surface area contributed by atoms with Crippen LogP contribution < -0.4 is 20.9 Å². The molecule has 2 aromatic carbocycles. The van der Waals surface area contributed by atoms with Gasteiger partial charge in [0.2, 0.25) is 5.95 Å². The SMILES string of the molecule is CC(C)C(=O)OCC1(COP(=O)(N[C@@H](Cc2ccccc2)C(=O)O)Oc2ccccc2)C/C1=C/n1cnc2c(=O)[nH]c(N)nc21. The number of fused-ring (bicyclic) bond motifs is 1. The van der Waals surface area contributed by atoms with Gasteiger partial charge in [-0.15, -0.1) is 0 Å². The number of ether oxygens (including phenoxy) is 1. The van der Waals surface area contributed by atoms with E-state index in [0.717, 1.165) is 0 Å². The van der Waals surface area contributed by atoms with Crippen molar-refractivity contribution >= 4 is 43.0 Å². The molecule has 14 nitrogen and oxygen atoms in total. The average Bonchev–Trinajstić information content (AvgIpc) is 3.54. The average molecular weight is 637 g/mol. The highest BCUT2D eigenvalue weighted by Crippen LogP contribution is 2.56. The number of carboxylic acids is 1. The maximum absolute atomic E-state index is 14.3. The van der Waals surface area contributed by atoms with Crippen molar-refractivity contribution in [1.29, 1.82) is 0 Å². The van der Waals surface area contributed by atoms with Crippen LogP contribution in [0.2, 0.25) is 0 Å². The number of benzene rings is 2. The minimum absolute atomic E-state index is 0.00688. The second-order valence-electron chi connectivity index (χ2n) is 11.0. The predicted molar refractivity (Wildman–Crippen MR) is 165 cm³/mol. The summed E-state index contributed by atoms with van der Waals surface area (Å²) in [5, 5.41) is 12.6. The molecule has 0 spiro atoms. The van der Waals surface area contributed by atoms with Crippen molar-refractivity contribution in [2.45, 2.75) is 32.7 Å². The monoisotopic (exact) mass is 636 g/mol. The van der Waals surface area contributed by atoms with Crippen LogP contribution in [-0.2, 0) is 29.8 Å². The van der Waals surface area contributed by atoms with E-state index in [-0.39, 0.29) is 42.5 Å². The van der Waals surface area contributed by atoms with E-state index < -0.39 is 42.6 Å². The van der Waals surface area contributed by atoms with Crippen LogP contribution in [0.4, 0.5) is 5.95 Å². The quantitative estimate of drug-likeness (QED) is 0.116. The Bertz CT molecular complexity index is 1820. The first-order valence-corrected chi connectivity index (χ1v) is 15.7. The number of H-pyrrole nitrogens is 1. The zero-order chi connectivity index (χ0) is 32.2. The molecule has 1 saturated carbocycles. The number of hydrogen-bond donors (Lipinski definition) is 4. The van der Waals surface area contributed by atoms with Crippen molar-refractivity contribution < 1.29 is 33.0 Å². The van der Waals surface area contributed by atoms with Gasteiger partial charge in [0.25, 0.3) is 5.56 Å². The molecule has 0 saturated heterocycles. The Morgan fingerprint density at radius 1 is 1.16 bits per heavy atom. The zero-order valence-corrected chi connectivity index (χ0v) is 25.5. The number of aromatic amines is 1. The molecule has 5 N–H and O–H groups in total. The number of rotatable bonds is 14. The van der Waals surface area contributed by atoms with Crippen molar-refractivity contribution in [2.24, 2.45) is 11.3 Å². The van der Waals surface area contributed by atoms with Crippen LogP contribution in [0.15, 0.2) is 77.4 Å². The van der Waals surface area contributed by atoms with Gasteiger partial charge in [-0.3, -0.25) is 28.5 Å². The Labute approximate surface area is 257 Å². The fourth-order valence-electron chi connectivity index (χ4n) is 4.56. The summed E-state index contributed by atoms with van der Waals surface area (Å²) in [6.07, 6.45) is 3.43. The molecule has 0 amide bonds. The van der Waals surface area contributed by atoms with Crippen LogP contribution in [0.3, 0.4) is 0 Å². The Hall–Kier alpha value is -4.78. The van der Waals surface area contributed by atoms with Crippen molar-refractivity contribution in [3.05, 3.63) is 88.5 Å².